The Bertz CT molecular complexity index is 3200. The molecule has 0 saturated carbocycles. The van der Waals surface area contributed by atoms with E-state index in [9.17, 15) is 0 Å². The van der Waals surface area contributed by atoms with Crippen LogP contribution in [0.25, 0.3) is 86.2 Å². The minimum absolute atomic E-state index is 1.10. The van der Waals surface area contributed by atoms with Crippen molar-refractivity contribution in [3.05, 3.63) is 224 Å². The summed E-state index contributed by atoms with van der Waals surface area (Å²) in [5.41, 5.74) is 12.9. The first-order valence-electron chi connectivity index (χ1n) is 19.8. The highest BCUT2D eigenvalue weighted by Gasteiger charge is 2.25. The summed E-state index contributed by atoms with van der Waals surface area (Å²) < 4.78 is 2.57. The van der Waals surface area contributed by atoms with Crippen LogP contribution in [0.15, 0.2) is 224 Å². The molecule has 0 aliphatic carbocycles. The predicted octanol–water partition coefficient (Wildman–Crippen LogP) is 16.5. The molecule has 1 nitrogen and oxygen atoms in total. The van der Waals surface area contributed by atoms with E-state index in [-0.39, 0.29) is 0 Å². The highest BCUT2D eigenvalue weighted by Crippen LogP contribution is 2.51. The van der Waals surface area contributed by atoms with Gasteiger partial charge < -0.3 is 4.90 Å². The molecular weight excluding hydrogens is 719 g/mol. The van der Waals surface area contributed by atoms with E-state index in [1.165, 1.54) is 86.2 Å². The van der Waals surface area contributed by atoms with Gasteiger partial charge in [0.2, 0.25) is 0 Å². The molecule has 58 heavy (non-hydrogen) atoms. The third-order valence-electron chi connectivity index (χ3n) is 11.4. The molecule has 0 spiro atoms. The van der Waals surface area contributed by atoms with E-state index in [2.05, 4.69) is 229 Å². The number of fused-ring (bicyclic) bond motifs is 6. The number of rotatable bonds is 7. The van der Waals surface area contributed by atoms with Gasteiger partial charge in [-0.25, -0.2) is 0 Å². The highest BCUT2D eigenvalue weighted by molar-refractivity contribution is 7.25. The highest BCUT2D eigenvalue weighted by atomic mass is 32.1. The van der Waals surface area contributed by atoms with E-state index < -0.39 is 0 Å². The molecule has 272 valence electrons. The SMILES string of the molecule is c1ccc(-c2cccc(-c3ccccc3)c2N(c2ccc3c(c2)sc2ccccc23)c2ccc3c(c2)c(-c2ccccc2)c(-c2ccccc2)c2ccccc23)cc1. The number of hydrogen-bond acceptors (Lipinski definition) is 2. The molecule has 0 unspecified atom stereocenters. The van der Waals surface area contributed by atoms with Crippen LogP contribution in [0.2, 0.25) is 0 Å². The van der Waals surface area contributed by atoms with Gasteiger partial charge in [-0.3, -0.25) is 0 Å². The van der Waals surface area contributed by atoms with E-state index in [1.807, 2.05) is 11.3 Å². The zero-order valence-electron chi connectivity index (χ0n) is 31.7. The standard InChI is InChI=1S/C56H37NS/c1-5-18-38(19-6-1)44-29-17-30-45(39-20-7-2-8-21-39)56(44)57(43-33-35-49-48-27-15-16-31-52(48)58-53(49)37-43)42-32-34-47-46-26-13-14-28-50(46)54(40-22-9-3-10-23-40)55(51(47)36-42)41-24-11-4-12-25-41/h1-37H. The van der Waals surface area contributed by atoms with Crippen molar-refractivity contribution in [3.8, 4) is 44.5 Å². The maximum Gasteiger partial charge on any atom is 0.0618 e. The molecular formula is C56H37NS. The molecule has 0 atom stereocenters. The number of anilines is 3. The van der Waals surface area contributed by atoms with Gasteiger partial charge in [-0.2, -0.15) is 0 Å². The van der Waals surface area contributed by atoms with E-state index in [1.54, 1.807) is 0 Å². The molecule has 1 heterocycles. The monoisotopic (exact) mass is 755 g/mol. The number of benzene rings is 10. The third-order valence-corrected chi connectivity index (χ3v) is 12.6. The lowest BCUT2D eigenvalue weighted by Crippen LogP contribution is -2.13. The zero-order valence-corrected chi connectivity index (χ0v) is 32.5. The first-order chi connectivity index (χ1) is 28.8. The Morgan fingerprint density at radius 2 is 0.707 bits per heavy atom. The summed E-state index contributed by atoms with van der Waals surface area (Å²) >= 11 is 1.86. The summed E-state index contributed by atoms with van der Waals surface area (Å²) in [6.45, 7) is 0. The molecule has 1 aromatic heterocycles. The van der Waals surface area contributed by atoms with Crippen molar-refractivity contribution in [1.82, 2.24) is 0 Å². The molecule has 10 aromatic carbocycles. The quantitative estimate of drug-likeness (QED) is 0.146. The predicted molar refractivity (Wildman–Crippen MR) is 251 cm³/mol. The summed E-state index contributed by atoms with van der Waals surface area (Å²) in [5.74, 6) is 0. The van der Waals surface area contributed by atoms with Gasteiger partial charge in [0.05, 0.1) is 5.69 Å². The smallest absolute Gasteiger partial charge is 0.0618 e. The van der Waals surface area contributed by atoms with Crippen molar-refractivity contribution < 1.29 is 0 Å². The van der Waals surface area contributed by atoms with Crippen LogP contribution in [-0.4, -0.2) is 0 Å². The fourth-order valence-corrected chi connectivity index (χ4v) is 10.0. The Morgan fingerprint density at radius 1 is 0.276 bits per heavy atom. The zero-order chi connectivity index (χ0) is 38.4. The summed E-state index contributed by atoms with van der Waals surface area (Å²) in [4.78, 5) is 2.51. The van der Waals surface area contributed by atoms with Crippen LogP contribution in [0.3, 0.4) is 0 Å². The van der Waals surface area contributed by atoms with Crippen LogP contribution in [0.5, 0.6) is 0 Å². The topological polar surface area (TPSA) is 3.24 Å². The number of thiophene rings is 1. The summed E-state index contributed by atoms with van der Waals surface area (Å²) in [6, 6.07) is 82.1. The Hall–Kier alpha value is -7.26. The minimum atomic E-state index is 1.10. The van der Waals surface area contributed by atoms with Gasteiger partial charge in [-0.15, -0.1) is 11.3 Å². The maximum atomic E-state index is 2.51. The van der Waals surface area contributed by atoms with Crippen LogP contribution in [0, 0.1) is 0 Å². The number of hydrogen-bond donors (Lipinski definition) is 0. The number of nitrogens with zero attached hydrogens (tertiary/aromatic N) is 1. The molecule has 2 heteroatoms. The van der Waals surface area contributed by atoms with Gasteiger partial charge in [0, 0.05) is 42.7 Å². The molecule has 0 bridgehead atoms. The second-order valence-electron chi connectivity index (χ2n) is 14.8. The lowest BCUT2D eigenvalue weighted by Gasteiger charge is -2.31. The largest absolute Gasteiger partial charge is 0.309 e. The number of para-hydroxylation sites is 1. The van der Waals surface area contributed by atoms with Crippen LogP contribution in [-0.2, 0) is 0 Å². The van der Waals surface area contributed by atoms with Crippen LogP contribution < -0.4 is 4.90 Å². The molecule has 0 aliphatic rings. The Balaban J connectivity index is 1.28. The van der Waals surface area contributed by atoms with Gasteiger partial charge in [0.1, 0.15) is 0 Å². The molecule has 0 fully saturated rings. The molecule has 11 rings (SSSR count). The van der Waals surface area contributed by atoms with Crippen molar-refractivity contribution in [2.45, 2.75) is 0 Å². The van der Waals surface area contributed by atoms with Gasteiger partial charge in [-0.1, -0.05) is 194 Å². The average molecular weight is 756 g/mol. The third kappa shape index (κ3) is 5.77. The van der Waals surface area contributed by atoms with Crippen molar-refractivity contribution >= 4 is 70.1 Å². The van der Waals surface area contributed by atoms with Crippen LogP contribution in [0.4, 0.5) is 17.1 Å². The van der Waals surface area contributed by atoms with Crippen LogP contribution in [0.1, 0.15) is 0 Å². The van der Waals surface area contributed by atoms with Crippen molar-refractivity contribution in [1.29, 1.82) is 0 Å². The molecule has 0 N–H and O–H groups in total. The fourth-order valence-electron chi connectivity index (χ4n) is 8.87. The summed E-state index contributed by atoms with van der Waals surface area (Å²) in [7, 11) is 0. The fraction of sp³-hybridized carbons (Fsp3) is 0. The van der Waals surface area contributed by atoms with Gasteiger partial charge >= 0.3 is 0 Å². The van der Waals surface area contributed by atoms with Gasteiger partial charge in [-0.05, 0) is 85.3 Å². The molecule has 0 aliphatic heterocycles. The molecule has 0 saturated heterocycles. The van der Waals surface area contributed by atoms with E-state index in [0.29, 0.717) is 0 Å². The summed E-state index contributed by atoms with van der Waals surface area (Å²) in [6.07, 6.45) is 0. The first kappa shape index (κ1) is 34.0. The van der Waals surface area contributed by atoms with E-state index in [0.717, 1.165) is 17.1 Å². The van der Waals surface area contributed by atoms with Gasteiger partial charge in [0.15, 0.2) is 0 Å². The Kier molecular flexibility index (Phi) is 8.42. The second kappa shape index (κ2) is 14.4. The normalized spacial score (nSPS) is 11.4. The van der Waals surface area contributed by atoms with Crippen LogP contribution >= 0.6 is 11.3 Å². The molecule has 0 radical (unpaired) electrons. The molecule has 11 aromatic rings. The maximum absolute atomic E-state index is 2.51. The van der Waals surface area contributed by atoms with Gasteiger partial charge in [0.25, 0.3) is 0 Å². The van der Waals surface area contributed by atoms with Crippen molar-refractivity contribution in [2.75, 3.05) is 4.90 Å². The summed E-state index contributed by atoms with van der Waals surface area (Å²) in [5, 5.41) is 7.53. The lowest BCUT2D eigenvalue weighted by atomic mass is 9.84. The average Bonchev–Trinajstić information content (AvgIpc) is 3.68. The molecule has 0 amide bonds. The first-order valence-corrected chi connectivity index (χ1v) is 20.7. The van der Waals surface area contributed by atoms with E-state index in [4.69, 9.17) is 0 Å². The Morgan fingerprint density at radius 3 is 1.31 bits per heavy atom. The Labute approximate surface area is 342 Å². The second-order valence-corrected chi connectivity index (χ2v) is 15.9. The van der Waals surface area contributed by atoms with Crippen molar-refractivity contribution in [2.24, 2.45) is 0 Å². The lowest BCUT2D eigenvalue weighted by molar-refractivity contribution is 1.30. The van der Waals surface area contributed by atoms with Crippen molar-refractivity contribution in [3.63, 3.8) is 0 Å². The van der Waals surface area contributed by atoms with E-state index >= 15 is 0 Å². The minimum Gasteiger partial charge on any atom is -0.309 e.